The molecule has 0 amide bonds. The van der Waals surface area contributed by atoms with Crippen molar-refractivity contribution >= 4 is 0 Å². The van der Waals surface area contributed by atoms with Gasteiger partial charge in [0, 0.05) is 24.0 Å². The van der Waals surface area contributed by atoms with Gasteiger partial charge >= 0.3 is 0 Å². The predicted molar refractivity (Wildman–Crippen MR) is 60.2 cm³/mol. The predicted octanol–water partition coefficient (Wildman–Crippen LogP) is 3.63. The van der Waals surface area contributed by atoms with Gasteiger partial charge in [-0.25, -0.2) is 4.39 Å². The third kappa shape index (κ3) is 2.37. The van der Waals surface area contributed by atoms with Crippen LogP contribution in [0.2, 0.25) is 0 Å². The van der Waals surface area contributed by atoms with E-state index < -0.39 is 0 Å². The van der Waals surface area contributed by atoms with Gasteiger partial charge in [-0.3, -0.25) is 4.98 Å². The largest absolute Gasteiger partial charge is 0.457 e. The normalized spacial score (nSPS) is 10.2. The molecule has 82 valence electrons. The maximum absolute atomic E-state index is 13.3. The summed E-state index contributed by atoms with van der Waals surface area (Å²) in [5, 5.41) is 0. The molecule has 0 aliphatic heterocycles. The molecule has 0 radical (unpaired) electrons. The quantitative estimate of drug-likeness (QED) is 0.766. The maximum Gasteiger partial charge on any atom is 0.130 e. The molecule has 2 nitrogen and oxygen atoms in total. The number of hydrogen-bond donors (Lipinski definition) is 0. The van der Waals surface area contributed by atoms with E-state index in [4.69, 9.17) is 4.74 Å². The van der Waals surface area contributed by atoms with Crippen molar-refractivity contribution in [2.24, 2.45) is 0 Å². The van der Waals surface area contributed by atoms with Crippen LogP contribution < -0.4 is 4.74 Å². The van der Waals surface area contributed by atoms with Crippen LogP contribution in [0.15, 0.2) is 36.5 Å². The van der Waals surface area contributed by atoms with Crippen molar-refractivity contribution < 1.29 is 9.13 Å². The fourth-order valence-electron chi connectivity index (χ4n) is 1.36. The average molecular weight is 217 g/mol. The Bertz CT molecular complexity index is 511. The Labute approximate surface area is 93.7 Å². The summed E-state index contributed by atoms with van der Waals surface area (Å²) in [6, 6.07) is 8.36. The highest BCUT2D eigenvalue weighted by Gasteiger charge is 2.01. The number of rotatable bonds is 2. The van der Waals surface area contributed by atoms with Gasteiger partial charge in [0.25, 0.3) is 0 Å². The number of halogens is 1. The lowest BCUT2D eigenvalue weighted by atomic mass is 10.2. The molecular formula is C13H12FNO. The Kier molecular flexibility index (Phi) is 2.86. The van der Waals surface area contributed by atoms with Crippen LogP contribution in [0.4, 0.5) is 4.39 Å². The van der Waals surface area contributed by atoms with Crippen LogP contribution in [-0.4, -0.2) is 4.98 Å². The zero-order valence-electron chi connectivity index (χ0n) is 9.20. The van der Waals surface area contributed by atoms with E-state index in [2.05, 4.69) is 4.98 Å². The van der Waals surface area contributed by atoms with E-state index in [1.165, 1.54) is 6.07 Å². The maximum atomic E-state index is 13.3. The second kappa shape index (κ2) is 4.31. The molecule has 0 aliphatic rings. The van der Waals surface area contributed by atoms with Gasteiger partial charge in [0.1, 0.15) is 17.3 Å². The molecule has 0 saturated heterocycles. The molecule has 0 saturated carbocycles. The lowest BCUT2D eigenvalue weighted by Gasteiger charge is -2.06. The molecule has 0 aliphatic carbocycles. The number of nitrogens with zero attached hydrogens (tertiary/aromatic N) is 1. The van der Waals surface area contributed by atoms with Gasteiger partial charge in [0.2, 0.25) is 0 Å². The number of ether oxygens (including phenoxy) is 1. The summed E-state index contributed by atoms with van der Waals surface area (Å²) in [6.07, 6.45) is 1.66. The van der Waals surface area contributed by atoms with E-state index >= 15 is 0 Å². The summed E-state index contributed by atoms with van der Waals surface area (Å²) in [5.74, 6) is 0.896. The van der Waals surface area contributed by atoms with Crippen LogP contribution in [0.3, 0.4) is 0 Å². The lowest BCUT2D eigenvalue weighted by Crippen LogP contribution is -1.88. The fraction of sp³-hybridized carbons (Fsp3) is 0.154. The van der Waals surface area contributed by atoms with Crippen molar-refractivity contribution in [3.05, 3.63) is 53.6 Å². The molecule has 0 N–H and O–H groups in total. The topological polar surface area (TPSA) is 22.1 Å². The fourth-order valence-corrected chi connectivity index (χ4v) is 1.36. The molecule has 1 aromatic carbocycles. The highest BCUT2D eigenvalue weighted by Crippen LogP contribution is 2.23. The Morgan fingerprint density at radius 2 is 1.81 bits per heavy atom. The van der Waals surface area contributed by atoms with Gasteiger partial charge in [-0.1, -0.05) is 6.07 Å². The van der Waals surface area contributed by atoms with E-state index in [9.17, 15) is 4.39 Å². The number of aromatic nitrogens is 1. The van der Waals surface area contributed by atoms with E-state index in [0.29, 0.717) is 17.1 Å². The highest BCUT2D eigenvalue weighted by molar-refractivity contribution is 5.33. The SMILES string of the molecule is Cc1cc(Oc2ccc(C)c(F)c2)ccn1. The molecule has 0 fully saturated rings. The molecule has 2 rings (SSSR count). The third-order valence-electron chi connectivity index (χ3n) is 2.25. The molecule has 2 aromatic rings. The van der Waals surface area contributed by atoms with Gasteiger partial charge in [-0.15, -0.1) is 0 Å². The molecule has 3 heteroatoms. The molecule has 16 heavy (non-hydrogen) atoms. The Morgan fingerprint density at radius 1 is 1.06 bits per heavy atom. The van der Waals surface area contributed by atoms with Gasteiger partial charge < -0.3 is 4.74 Å². The summed E-state index contributed by atoms with van der Waals surface area (Å²) >= 11 is 0. The molecule has 0 unspecified atom stereocenters. The first-order valence-corrected chi connectivity index (χ1v) is 5.02. The van der Waals surface area contributed by atoms with E-state index in [1.54, 1.807) is 37.4 Å². The number of aryl methyl sites for hydroxylation is 2. The minimum absolute atomic E-state index is 0.261. The number of hydrogen-bond acceptors (Lipinski definition) is 2. The number of benzene rings is 1. The summed E-state index contributed by atoms with van der Waals surface area (Å²) in [6.45, 7) is 3.60. The Balaban J connectivity index is 2.24. The Morgan fingerprint density at radius 3 is 2.50 bits per heavy atom. The summed E-state index contributed by atoms with van der Waals surface area (Å²) < 4.78 is 18.8. The second-order valence-corrected chi connectivity index (χ2v) is 3.65. The van der Waals surface area contributed by atoms with E-state index in [-0.39, 0.29) is 5.82 Å². The summed E-state index contributed by atoms with van der Waals surface area (Å²) in [5.41, 5.74) is 1.48. The third-order valence-corrected chi connectivity index (χ3v) is 2.25. The van der Waals surface area contributed by atoms with Crippen molar-refractivity contribution in [2.75, 3.05) is 0 Å². The number of pyridine rings is 1. The van der Waals surface area contributed by atoms with Gasteiger partial charge in [0.15, 0.2) is 0 Å². The zero-order chi connectivity index (χ0) is 11.5. The van der Waals surface area contributed by atoms with Crippen molar-refractivity contribution in [3.63, 3.8) is 0 Å². The second-order valence-electron chi connectivity index (χ2n) is 3.65. The molecule has 1 heterocycles. The molecule has 0 atom stereocenters. The minimum Gasteiger partial charge on any atom is -0.457 e. The van der Waals surface area contributed by atoms with Crippen molar-refractivity contribution in [1.82, 2.24) is 4.98 Å². The van der Waals surface area contributed by atoms with Crippen LogP contribution in [0, 0.1) is 19.7 Å². The molecule has 1 aromatic heterocycles. The molecule has 0 spiro atoms. The van der Waals surface area contributed by atoms with Gasteiger partial charge in [-0.05, 0) is 31.5 Å². The van der Waals surface area contributed by atoms with Crippen LogP contribution in [0.25, 0.3) is 0 Å². The van der Waals surface area contributed by atoms with Crippen molar-refractivity contribution in [1.29, 1.82) is 0 Å². The highest BCUT2D eigenvalue weighted by atomic mass is 19.1. The van der Waals surface area contributed by atoms with Crippen molar-refractivity contribution in [2.45, 2.75) is 13.8 Å². The van der Waals surface area contributed by atoms with E-state index in [1.807, 2.05) is 6.92 Å². The van der Waals surface area contributed by atoms with E-state index in [0.717, 1.165) is 5.69 Å². The summed E-state index contributed by atoms with van der Waals surface area (Å²) in [4.78, 5) is 4.06. The monoisotopic (exact) mass is 217 g/mol. The Hall–Kier alpha value is -1.90. The van der Waals surface area contributed by atoms with Crippen LogP contribution in [0.1, 0.15) is 11.3 Å². The van der Waals surface area contributed by atoms with Gasteiger partial charge in [-0.2, -0.15) is 0 Å². The zero-order valence-corrected chi connectivity index (χ0v) is 9.20. The summed E-state index contributed by atoms with van der Waals surface area (Å²) in [7, 11) is 0. The lowest BCUT2D eigenvalue weighted by molar-refractivity contribution is 0.475. The van der Waals surface area contributed by atoms with Gasteiger partial charge in [0.05, 0.1) is 0 Å². The first-order valence-electron chi connectivity index (χ1n) is 5.02. The first-order chi connectivity index (χ1) is 7.65. The molecule has 0 bridgehead atoms. The van der Waals surface area contributed by atoms with Crippen LogP contribution in [-0.2, 0) is 0 Å². The smallest absolute Gasteiger partial charge is 0.130 e. The standard InChI is InChI=1S/C13H12FNO/c1-9-3-4-11(8-13(9)14)16-12-5-6-15-10(2)7-12/h3-8H,1-2H3. The van der Waals surface area contributed by atoms with Crippen LogP contribution in [0.5, 0.6) is 11.5 Å². The van der Waals surface area contributed by atoms with Crippen LogP contribution >= 0.6 is 0 Å². The minimum atomic E-state index is -0.261. The van der Waals surface area contributed by atoms with Crippen molar-refractivity contribution in [3.8, 4) is 11.5 Å². The first kappa shape index (κ1) is 10.6. The molecular weight excluding hydrogens is 205 g/mol. The average Bonchev–Trinajstić information content (AvgIpc) is 2.24.